The van der Waals surface area contributed by atoms with Crippen molar-refractivity contribution in [2.45, 2.75) is 51.9 Å². The summed E-state index contributed by atoms with van der Waals surface area (Å²) in [4.78, 5) is 0. The van der Waals surface area contributed by atoms with Crippen molar-refractivity contribution in [3.05, 3.63) is 0 Å². The second kappa shape index (κ2) is 5.66. The summed E-state index contributed by atoms with van der Waals surface area (Å²) in [5.41, 5.74) is -1.23. The van der Waals surface area contributed by atoms with Crippen LogP contribution in [-0.2, 0) is 0 Å². The van der Waals surface area contributed by atoms with Crippen molar-refractivity contribution < 1.29 is 20.4 Å². The van der Waals surface area contributed by atoms with Crippen LogP contribution in [0.25, 0.3) is 0 Å². The first-order valence-corrected chi connectivity index (χ1v) is 5.08. The van der Waals surface area contributed by atoms with Gasteiger partial charge >= 0.3 is 0 Å². The molecule has 0 fully saturated rings. The van der Waals surface area contributed by atoms with Crippen molar-refractivity contribution in [1.82, 2.24) is 0 Å². The molecule has 4 nitrogen and oxygen atoms in total. The van der Waals surface area contributed by atoms with E-state index < -0.39 is 30.3 Å². The quantitative estimate of drug-likeness (QED) is 0.489. The van der Waals surface area contributed by atoms with Gasteiger partial charge in [-0.3, -0.25) is 0 Å². The van der Waals surface area contributed by atoms with Crippen LogP contribution in [0.2, 0.25) is 0 Å². The zero-order chi connectivity index (χ0) is 11.4. The van der Waals surface area contributed by atoms with Gasteiger partial charge in [-0.25, -0.2) is 0 Å². The molecule has 86 valence electrons. The van der Waals surface area contributed by atoms with Gasteiger partial charge in [-0.2, -0.15) is 0 Å². The van der Waals surface area contributed by atoms with Gasteiger partial charge in [-0.05, 0) is 20.3 Å². The van der Waals surface area contributed by atoms with Crippen LogP contribution in [0.5, 0.6) is 0 Å². The molecular weight excluding hydrogens is 184 g/mol. The second-order valence-electron chi connectivity index (χ2n) is 3.93. The Hall–Kier alpha value is -0.160. The fourth-order valence-electron chi connectivity index (χ4n) is 1.82. The molecule has 0 saturated carbocycles. The number of aliphatic hydroxyl groups excluding tert-OH is 4. The SMILES string of the molecule is CCCC(O)C(CO)(C(C)O)C(C)O. The van der Waals surface area contributed by atoms with Gasteiger partial charge in [0, 0.05) is 0 Å². The highest BCUT2D eigenvalue weighted by Gasteiger charge is 2.45. The van der Waals surface area contributed by atoms with E-state index in [1.165, 1.54) is 13.8 Å². The lowest BCUT2D eigenvalue weighted by molar-refractivity contribution is -0.152. The van der Waals surface area contributed by atoms with Crippen molar-refractivity contribution in [3.8, 4) is 0 Å². The molecule has 4 heteroatoms. The summed E-state index contributed by atoms with van der Waals surface area (Å²) in [6.45, 7) is 4.42. The Labute approximate surface area is 85.2 Å². The normalized spacial score (nSPS) is 22.5. The van der Waals surface area contributed by atoms with Crippen LogP contribution in [0.15, 0.2) is 0 Å². The lowest BCUT2D eigenvalue weighted by atomic mass is 9.72. The summed E-state index contributed by atoms with van der Waals surface area (Å²) in [7, 11) is 0. The van der Waals surface area contributed by atoms with Gasteiger partial charge in [-0.15, -0.1) is 0 Å². The van der Waals surface area contributed by atoms with Gasteiger partial charge in [0.15, 0.2) is 0 Å². The highest BCUT2D eigenvalue weighted by Crippen LogP contribution is 2.33. The average Bonchev–Trinajstić information content (AvgIpc) is 2.05. The maximum Gasteiger partial charge on any atom is 0.0705 e. The van der Waals surface area contributed by atoms with Crippen molar-refractivity contribution >= 4 is 0 Å². The van der Waals surface area contributed by atoms with E-state index in [-0.39, 0.29) is 0 Å². The summed E-state index contributed by atoms with van der Waals surface area (Å²) in [6, 6.07) is 0. The molecule has 0 aliphatic carbocycles. The molecule has 0 aliphatic heterocycles. The fraction of sp³-hybridized carbons (Fsp3) is 1.00. The zero-order valence-electron chi connectivity index (χ0n) is 9.14. The number of hydrogen-bond acceptors (Lipinski definition) is 4. The van der Waals surface area contributed by atoms with Crippen LogP contribution in [0.3, 0.4) is 0 Å². The van der Waals surface area contributed by atoms with E-state index in [2.05, 4.69) is 0 Å². The van der Waals surface area contributed by atoms with Crippen LogP contribution < -0.4 is 0 Å². The molecule has 3 atom stereocenters. The smallest absolute Gasteiger partial charge is 0.0705 e. The molecule has 4 N–H and O–H groups in total. The van der Waals surface area contributed by atoms with Gasteiger partial charge in [0.2, 0.25) is 0 Å². The Balaban J connectivity index is 4.83. The van der Waals surface area contributed by atoms with E-state index in [1.54, 1.807) is 0 Å². The first kappa shape index (κ1) is 13.8. The van der Waals surface area contributed by atoms with Crippen LogP contribution in [0.1, 0.15) is 33.6 Å². The van der Waals surface area contributed by atoms with E-state index >= 15 is 0 Å². The maximum absolute atomic E-state index is 9.82. The van der Waals surface area contributed by atoms with Crippen LogP contribution >= 0.6 is 0 Å². The van der Waals surface area contributed by atoms with Gasteiger partial charge in [0.1, 0.15) is 0 Å². The maximum atomic E-state index is 9.82. The Morgan fingerprint density at radius 1 is 1.07 bits per heavy atom. The predicted octanol–water partition coefficient (Wildman–Crippen LogP) is -0.112. The van der Waals surface area contributed by atoms with E-state index in [9.17, 15) is 20.4 Å². The first-order valence-electron chi connectivity index (χ1n) is 5.08. The molecule has 3 unspecified atom stereocenters. The number of rotatable bonds is 6. The Bertz CT molecular complexity index is 148. The zero-order valence-corrected chi connectivity index (χ0v) is 9.14. The summed E-state index contributed by atoms with van der Waals surface area (Å²) in [6.07, 6.45) is -1.60. The van der Waals surface area contributed by atoms with Gasteiger partial charge in [-0.1, -0.05) is 13.3 Å². The van der Waals surface area contributed by atoms with Crippen LogP contribution in [0, 0.1) is 5.41 Å². The van der Waals surface area contributed by atoms with Crippen molar-refractivity contribution in [1.29, 1.82) is 0 Å². The van der Waals surface area contributed by atoms with Gasteiger partial charge in [0.05, 0.1) is 30.3 Å². The highest BCUT2D eigenvalue weighted by molar-refractivity contribution is 4.94. The Morgan fingerprint density at radius 2 is 1.50 bits per heavy atom. The number of aliphatic hydroxyl groups is 4. The monoisotopic (exact) mass is 206 g/mol. The molecule has 0 amide bonds. The third-order valence-electron chi connectivity index (χ3n) is 3.01. The van der Waals surface area contributed by atoms with Crippen molar-refractivity contribution in [3.63, 3.8) is 0 Å². The van der Waals surface area contributed by atoms with Gasteiger partial charge in [0.25, 0.3) is 0 Å². The average molecular weight is 206 g/mol. The molecule has 0 aromatic carbocycles. The second-order valence-corrected chi connectivity index (χ2v) is 3.93. The molecule has 0 rings (SSSR count). The molecule has 0 spiro atoms. The molecular formula is C10H22O4. The largest absolute Gasteiger partial charge is 0.395 e. The molecule has 0 bridgehead atoms. The molecule has 0 aromatic heterocycles. The Kier molecular flexibility index (Phi) is 5.59. The summed E-state index contributed by atoms with van der Waals surface area (Å²) >= 11 is 0. The Morgan fingerprint density at radius 3 is 1.71 bits per heavy atom. The van der Waals surface area contributed by atoms with Crippen molar-refractivity contribution in [2.24, 2.45) is 5.41 Å². The minimum atomic E-state index is -1.23. The topological polar surface area (TPSA) is 80.9 Å². The van der Waals surface area contributed by atoms with E-state index in [0.717, 1.165) is 6.42 Å². The summed E-state index contributed by atoms with van der Waals surface area (Å²) in [5, 5.41) is 38.2. The van der Waals surface area contributed by atoms with Crippen molar-refractivity contribution in [2.75, 3.05) is 6.61 Å². The molecule has 0 aromatic rings. The molecule has 0 saturated heterocycles. The summed E-state index contributed by atoms with van der Waals surface area (Å²) in [5.74, 6) is 0. The lowest BCUT2D eigenvalue weighted by Crippen LogP contribution is -2.54. The van der Waals surface area contributed by atoms with Crippen LogP contribution in [-0.4, -0.2) is 45.3 Å². The fourth-order valence-corrected chi connectivity index (χ4v) is 1.82. The molecule has 0 aliphatic rings. The predicted molar refractivity (Wildman–Crippen MR) is 53.8 cm³/mol. The minimum Gasteiger partial charge on any atom is -0.395 e. The first-order chi connectivity index (χ1) is 6.43. The minimum absolute atomic E-state index is 0.427. The third kappa shape index (κ3) is 2.45. The lowest BCUT2D eigenvalue weighted by Gasteiger charge is -2.41. The highest BCUT2D eigenvalue weighted by atomic mass is 16.3. The molecule has 0 heterocycles. The van der Waals surface area contributed by atoms with E-state index in [4.69, 9.17) is 0 Å². The molecule has 14 heavy (non-hydrogen) atoms. The summed E-state index contributed by atoms with van der Waals surface area (Å²) < 4.78 is 0. The standard InChI is InChI=1S/C10H22O4/c1-4-5-9(14)10(6-11,7(2)12)8(3)13/h7-9,11-14H,4-6H2,1-3H3. The van der Waals surface area contributed by atoms with Crippen LogP contribution in [0.4, 0.5) is 0 Å². The van der Waals surface area contributed by atoms with E-state index in [0.29, 0.717) is 6.42 Å². The third-order valence-corrected chi connectivity index (χ3v) is 3.01. The molecule has 0 radical (unpaired) electrons. The number of hydrogen-bond donors (Lipinski definition) is 4. The van der Waals surface area contributed by atoms with Gasteiger partial charge < -0.3 is 20.4 Å². The van der Waals surface area contributed by atoms with E-state index in [1.807, 2.05) is 6.92 Å².